The quantitative estimate of drug-likeness (QED) is 0.0383. The van der Waals surface area contributed by atoms with E-state index in [1.54, 1.807) is 52.1 Å². The molecule has 0 unspecified atom stereocenters. The van der Waals surface area contributed by atoms with E-state index in [-0.39, 0.29) is 60.8 Å². The zero-order valence-electron chi connectivity index (χ0n) is 42.0. The Morgan fingerprint density at radius 3 is 1.51 bits per heavy atom. The van der Waals surface area contributed by atoms with E-state index in [2.05, 4.69) is 61.3 Å². The highest BCUT2D eigenvalue weighted by Gasteiger charge is 2.24. The summed E-state index contributed by atoms with van der Waals surface area (Å²) >= 11 is 5.29. The number of amides is 4. The third-order valence-electron chi connectivity index (χ3n) is 10.6. The van der Waals surface area contributed by atoms with Crippen molar-refractivity contribution in [1.82, 2.24) is 58.4 Å². The fourth-order valence-corrected chi connectivity index (χ4v) is 7.16. The molecular formula is C51H49ClN20O8. The number of rotatable bonds is 14. The number of benzene rings is 4. The molecule has 10 aromatic rings. The average Bonchev–Trinajstić information content (AvgIpc) is 4.36. The number of para-hydroxylation sites is 4. The fraction of sp³-hybridized carbons (Fsp3) is 0.118. The van der Waals surface area contributed by atoms with Crippen molar-refractivity contribution in [2.75, 3.05) is 44.3 Å². The largest absolute Gasteiger partial charge is 0.382 e. The molecule has 28 nitrogen and oxygen atoms in total. The number of halogens is 1. The van der Waals surface area contributed by atoms with E-state index in [0.717, 1.165) is 52.5 Å². The maximum Gasteiger partial charge on any atom is 0.381 e. The van der Waals surface area contributed by atoms with Gasteiger partial charge >= 0.3 is 11.6 Å². The molecule has 6 aromatic heterocycles. The van der Waals surface area contributed by atoms with Crippen LogP contribution in [-0.2, 0) is 45.4 Å². The van der Waals surface area contributed by atoms with Gasteiger partial charge in [0, 0.05) is 41.7 Å². The predicted molar refractivity (Wildman–Crippen MR) is 296 cm³/mol. The molecule has 0 atom stereocenters. The molecule has 29 heteroatoms. The minimum absolute atomic E-state index is 0.00507. The van der Waals surface area contributed by atoms with E-state index < -0.39 is 9.85 Å². The van der Waals surface area contributed by atoms with Crippen LogP contribution in [0.5, 0.6) is 0 Å². The summed E-state index contributed by atoms with van der Waals surface area (Å²) < 4.78 is 6.66. The highest BCUT2D eigenvalue weighted by molar-refractivity contribution is 6.29. The molecule has 4 aromatic carbocycles. The van der Waals surface area contributed by atoms with Gasteiger partial charge in [0.1, 0.15) is 61.1 Å². The van der Waals surface area contributed by atoms with E-state index in [9.17, 15) is 39.4 Å². The van der Waals surface area contributed by atoms with Gasteiger partial charge in [0.15, 0.2) is 18.0 Å². The third-order valence-corrected chi connectivity index (χ3v) is 10.8. The van der Waals surface area contributed by atoms with E-state index in [1.807, 2.05) is 113 Å². The molecule has 7 N–H and O–H groups in total. The average molecular weight is 1110 g/mol. The highest BCUT2D eigenvalue weighted by atomic mass is 35.5. The number of hydrogen-bond acceptors (Lipinski definition) is 17. The van der Waals surface area contributed by atoms with Crippen LogP contribution in [0, 0.1) is 20.2 Å². The summed E-state index contributed by atoms with van der Waals surface area (Å²) in [7, 11) is 0. The summed E-state index contributed by atoms with van der Waals surface area (Å²) in [5, 5.41) is 35.5. The number of imidazole rings is 4. The van der Waals surface area contributed by atoms with Crippen LogP contribution in [0.2, 0.25) is 0 Å². The predicted octanol–water partition coefficient (Wildman–Crippen LogP) is 6.53. The summed E-state index contributed by atoms with van der Waals surface area (Å²) in [6.07, 6.45) is 14.8. The van der Waals surface area contributed by atoms with Crippen molar-refractivity contribution in [3.63, 3.8) is 0 Å². The van der Waals surface area contributed by atoms with Crippen LogP contribution in [0.1, 0.15) is 0 Å². The highest BCUT2D eigenvalue weighted by Crippen LogP contribution is 2.31. The number of aromatic amines is 1. The first kappa shape index (κ1) is 56.6. The molecule has 80 heavy (non-hydrogen) atoms. The van der Waals surface area contributed by atoms with Gasteiger partial charge in [-0.05, 0) is 63.4 Å². The van der Waals surface area contributed by atoms with Crippen LogP contribution in [0.15, 0.2) is 184 Å². The number of carbonyl (C=O) groups excluding carboxylic acids is 4. The van der Waals surface area contributed by atoms with Crippen molar-refractivity contribution >= 4 is 98.1 Å². The zero-order valence-corrected chi connectivity index (χ0v) is 42.8. The first-order valence-electron chi connectivity index (χ1n) is 23.8. The number of nitrogens with zero attached hydrogens (tertiary/aromatic N) is 14. The SMILES string of the molecule is Nc1cn(CC(=O)Nc2ccccc2)cn1.O=C(CCl)Nc1ccccc1.O=C(Cn1cnc(N2CCn3ncc4ncnc2c43)c1)Nc1ccccc1.O=C(Cn1cnc([N+](=O)[O-])c1)Nc1ccccc1.O=[N+]([O-])c1cnc[nH]1. The van der Waals surface area contributed by atoms with Crippen LogP contribution in [0.3, 0.4) is 0 Å². The van der Waals surface area contributed by atoms with Crippen molar-refractivity contribution < 1.29 is 29.0 Å². The number of carbonyl (C=O) groups is 4. The van der Waals surface area contributed by atoms with E-state index in [0.29, 0.717) is 18.1 Å². The number of alkyl halides is 1. The summed E-state index contributed by atoms with van der Waals surface area (Å²) in [5.41, 5.74) is 10.2. The Balaban J connectivity index is 0.000000153. The normalized spacial score (nSPS) is 10.8. The number of nitro groups is 2. The van der Waals surface area contributed by atoms with Gasteiger partial charge in [-0.15, -0.1) is 11.6 Å². The second-order valence-electron chi connectivity index (χ2n) is 16.5. The molecule has 1 aliphatic heterocycles. The van der Waals surface area contributed by atoms with Gasteiger partial charge in [-0.25, -0.2) is 29.9 Å². The fourth-order valence-electron chi connectivity index (χ4n) is 7.09. The number of aromatic nitrogens is 12. The van der Waals surface area contributed by atoms with E-state index >= 15 is 0 Å². The maximum atomic E-state index is 12.2. The second-order valence-corrected chi connectivity index (χ2v) is 16.7. The van der Waals surface area contributed by atoms with Crippen molar-refractivity contribution in [3.05, 3.63) is 204 Å². The topological polar surface area (TPSA) is 358 Å². The van der Waals surface area contributed by atoms with Gasteiger partial charge in [-0.1, -0.05) is 72.8 Å². The van der Waals surface area contributed by atoms with Crippen molar-refractivity contribution in [3.8, 4) is 0 Å². The molecule has 0 fully saturated rings. The molecule has 408 valence electrons. The van der Waals surface area contributed by atoms with Gasteiger partial charge in [-0.2, -0.15) is 5.10 Å². The molecule has 0 saturated carbocycles. The van der Waals surface area contributed by atoms with Gasteiger partial charge in [0.25, 0.3) is 0 Å². The lowest BCUT2D eigenvalue weighted by atomic mass is 10.3. The van der Waals surface area contributed by atoms with Crippen molar-refractivity contribution in [2.24, 2.45) is 0 Å². The van der Waals surface area contributed by atoms with Crippen LogP contribution in [0.4, 0.5) is 51.8 Å². The Morgan fingerprint density at radius 2 is 1.07 bits per heavy atom. The lowest BCUT2D eigenvalue weighted by molar-refractivity contribution is -0.389. The minimum atomic E-state index is -0.606. The molecule has 0 saturated heterocycles. The molecule has 0 spiro atoms. The standard InChI is InChI=1S/C18H16N8O.C11H10N4O3.C11H12N4O.C8H8ClNO.C3H3N3O2/c27-16(23-13-4-2-1-3-5-13)10-24-9-15(21-12-24)25-6-7-26-17-14(8-22-26)19-11-20-18(17)25;16-11(13-9-4-2-1-3-5-9)7-14-6-10(12-8-14)15(17)18;12-10-6-15(8-13-10)7-11(16)14-9-4-2-1-3-5-9;9-6-8(11)10-7-4-2-1-3-5-7;7-6(8)3-1-4-2-5-3/h1-5,8-9,11-12H,6-7,10H2,(H,23,27);1-6,8H,7H2,(H,13,16);1-6,8H,7,12H2,(H,14,16);1-5H,6H2,(H,10,11);1-2H,(H,4,5). The molecule has 0 aliphatic carbocycles. The number of H-pyrrole nitrogens is 1. The minimum Gasteiger partial charge on any atom is -0.382 e. The van der Waals surface area contributed by atoms with Crippen LogP contribution in [0.25, 0.3) is 11.0 Å². The van der Waals surface area contributed by atoms with Crippen LogP contribution < -0.4 is 31.9 Å². The van der Waals surface area contributed by atoms with Crippen LogP contribution in [-0.4, -0.2) is 104 Å². The Hall–Kier alpha value is -11.2. The first-order valence-corrected chi connectivity index (χ1v) is 24.3. The summed E-state index contributed by atoms with van der Waals surface area (Å²) in [6, 6.07) is 36.9. The van der Waals surface area contributed by atoms with Gasteiger partial charge in [0.2, 0.25) is 30.0 Å². The summed E-state index contributed by atoms with van der Waals surface area (Å²) in [4.78, 5) is 93.6. The Kier molecular flexibility index (Phi) is 20.3. The third kappa shape index (κ3) is 17.5. The smallest absolute Gasteiger partial charge is 0.381 e. The Labute approximate surface area is 458 Å². The van der Waals surface area contributed by atoms with E-state index in [4.69, 9.17) is 17.3 Å². The molecule has 1 aliphatic rings. The molecule has 4 amide bonds. The molecule has 11 rings (SSSR count). The maximum absolute atomic E-state index is 12.2. The van der Waals surface area contributed by atoms with Gasteiger partial charge in [-0.3, -0.25) is 23.9 Å². The number of nitrogens with two attached hydrogens (primary N) is 1. The van der Waals surface area contributed by atoms with Crippen molar-refractivity contribution in [1.29, 1.82) is 0 Å². The number of hydrogen-bond donors (Lipinski definition) is 6. The monoisotopic (exact) mass is 1100 g/mol. The molecule has 0 bridgehead atoms. The lowest BCUT2D eigenvalue weighted by Crippen LogP contribution is -2.29. The first-order chi connectivity index (χ1) is 38.8. The number of nitrogens with one attached hydrogen (secondary N) is 5. The van der Waals surface area contributed by atoms with Crippen LogP contribution >= 0.6 is 11.6 Å². The van der Waals surface area contributed by atoms with Gasteiger partial charge < -0.3 is 65.8 Å². The molecular weight excluding hydrogens is 1060 g/mol. The zero-order chi connectivity index (χ0) is 56.6. The molecule has 7 heterocycles. The Morgan fingerprint density at radius 1 is 0.588 bits per heavy atom. The second kappa shape index (κ2) is 28.7. The summed E-state index contributed by atoms with van der Waals surface area (Å²) in [6.45, 7) is 1.81. The Bertz CT molecular complexity index is 3600. The number of anilines is 7. The number of nitrogen functional groups attached to an aromatic ring is 1. The summed E-state index contributed by atoms with van der Waals surface area (Å²) in [5.74, 6) is 0.911. The van der Waals surface area contributed by atoms with Crippen molar-refractivity contribution in [2.45, 2.75) is 26.2 Å². The molecule has 0 radical (unpaired) electrons. The van der Waals surface area contributed by atoms with E-state index in [1.165, 1.54) is 36.1 Å². The lowest BCUT2D eigenvalue weighted by Gasteiger charge is -2.26. The van der Waals surface area contributed by atoms with Gasteiger partial charge in [0.05, 0.1) is 25.4 Å².